The summed E-state index contributed by atoms with van der Waals surface area (Å²) in [4.78, 5) is 32.8. The van der Waals surface area contributed by atoms with Gasteiger partial charge in [0, 0.05) is 42.4 Å². The summed E-state index contributed by atoms with van der Waals surface area (Å²) in [5.41, 5.74) is 3.05. The SMILES string of the molecule is CCC(=O)c1cc(C)c(-c2cc3cnc(Cl)cc3n(C)c2=O)cn1. The molecular formula is C18H16ClN3O2. The molecule has 0 unspecified atom stereocenters. The molecule has 0 saturated heterocycles. The second kappa shape index (κ2) is 6.17. The molecule has 0 N–H and O–H groups in total. The van der Waals surface area contributed by atoms with Gasteiger partial charge in [0.1, 0.15) is 10.8 Å². The van der Waals surface area contributed by atoms with Gasteiger partial charge in [-0.1, -0.05) is 18.5 Å². The maximum Gasteiger partial charge on any atom is 0.258 e. The van der Waals surface area contributed by atoms with Crippen LogP contribution in [0.1, 0.15) is 29.4 Å². The number of hydrogen-bond acceptors (Lipinski definition) is 4. The van der Waals surface area contributed by atoms with Crippen molar-refractivity contribution in [2.24, 2.45) is 7.05 Å². The lowest BCUT2D eigenvalue weighted by Crippen LogP contribution is -2.19. The Labute approximate surface area is 143 Å². The Morgan fingerprint density at radius 3 is 2.58 bits per heavy atom. The Morgan fingerprint density at radius 1 is 1.17 bits per heavy atom. The molecule has 0 aliphatic rings. The van der Waals surface area contributed by atoms with Crippen LogP contribution in [-0.2, 0) is 7.05 Å². The fourth-order valence-corrected chi connectivity index (χ4v) is 2.86. The van der Waals surface area contributed by atoms with Gasteiger partial charge in [-0.15, -0.1) is 0 Å². The van der Waals surface area contributed by atoms with Gasteiger partial charge in [-0.25, -0.2) is 4.98 Å². The molecule has 0 fully saturated rings. The second-order valence-corrected chi connectivity index (χ2v) is 6.04. The van der Waals surface area contributed by atoms with E-state index in [0.29, 0.717) is 33.9 Å². The van der Waals surface area contributed by atoms with Gasteiger partial charge in [-0.05, 0) is 30.7 Å². The van der Waals surface area contributed by atoms with E-state index in [0.717, 1.165) is 10.9 Å². The molecule has 6 heteroatoms. The van der Waals surface area contributed by atoms with E-state index < -0.39 is 0 Å². The Hall–Kier alpha value is -2.53. The highest BCUT2D eigenvalue weighted by Gasteiger charge is 2.14. The normalized spacial score (nSPS) is 11.0. The molecule has 0 aliphatic heterocycles. The van der Waals surface area contributed by atoms with E-state index in [1.807, 2.05) is 6.92 Å². The summed E-state index contributed by atoms with van der Waals surface area (Å²) in [5.74, 6) is -0.0186. The summed E-state index contributed by atoms with van der Waals surface area (Å²) in [6.07, 6.45) is 3.62. The smallest absolute Gasteiger partial charge is 0.258 e. The molecule has 0 bridgehead atoms. The number of nitrogens with zero attached hydrogens (tertiary/aromatic N) is 3. The molecule has 0 radical (unpaired) electrons. The summed E-state index contributed by atoms with van der Waals surface area (Å²) < 4.78 is 1.54. The van der Waals surface area contributed by atoms with Gasteiger partial charge in [0.05, 0.1) is 5.52 Å². The molecule has 0 spiro atoms. The zero-order valence-electron chi connectivity index (χ0n) is 13.6. The summed E-state index contributed by atoms with van der Waals surface area (Å²) in [5, 5.41) is 1.15. The number of aromatic nitrogens is 3. The third-order valence-corrected chi connectivity index (χ3v) is 4.29. The van der Waals surface area contributed by atoms with Crippen LogP contribution in [-0.4, -0.2) is 20.3 Å². The standard InChI is InChI=1S/C18H16ClN3O2/c1-4-16(23)14-5-10(2)13(9-20-14)12-6-11-8-21-17(19)7-15(11)22(3)18(12)24/h5-9H,4H2,1-3H3. The highest BCUT2D eigenvalue weighted by Crippen LogP contribution is 2.24. The molecule has 3 rings (SSSR count). The average Bonchev–Trinajstić information content (AvgIpc) is 2.58. The van der Waals surface area contributed by atoms with Crippen LogP contribution in [0.3, 0.4) is 0 Å². The Kier molecular flexibility index (Phi) is 4.20. The largest absolute Gasteiger partial charge is 0.311 e. The maximum atomic E-state index is 12.7. The van der Waals surface area contributed by atoms with Crippen LogP contribution in [0.4, 0.5) is 0 Å². The number of Topliss-reactive ketones (excluding diaryl/α,β-unsaturated/α-hetero) is 1. The van der Waals surface area contributed by atoms with E-state index in [1.165, 1.54) is 0 Å². The first-order valence-electron chi connectivity index (χ1n) is 7.58. The Bertz CT molecular complexity index is 1020. The van der Waals surface area contributed by atoms with Gasteiger partial charge in [-0.2, -0.15) is 0 Å². The molecule has 0 atom stereocenters. The van der Waals surface area contributed by atoms with Gasteiger partial charge < -0.3 is 4.57 Å². The number of carbonyl (C=O) groups excluding carboxylic acids is 1. The van der Waals surface area contributed by atoms with E-state index in [-0.39, 0.29) is 11.3 Å². The maximum absolute atomic E-state index is 12.7. The monoisotopic (exact) mass is 341 g/mol. The minimum Gasteiger partial charge on any atom is -0.311 e. The molecule has 122 valence electrons. The van der Waals surface area contributed by atoms with Crippen molar-refractivity contribution in [2.75, 3.05) is 0 Å². The predicted octanol–water partition coefficient (Wildman–Crippen LogP) is 3.55. The van der Waals surface area contributed by atoms with Crippen LogP contribution in [0.15, 0.2) is 35.4 Å². The lowest BCUT2D eigenvalue weighted by atomic mass is 10.0. The van der Waals surface area contributed by atoms with Crippen molar-refractivity contribution in [1.29, 1.82) is 0 Å². The summed E-state index contributed by atoms with van der Waals surface area (Å²) in [6, 6.07) is 5.17. The molecule has 0 aromatic carbocycles. The quantitative estimate of drug-likeness (QED) is 0.540. The van der Waals surface area contributed by atoms with Crippen molar-refractivity contribution in [1.82, 2.24) is 14.5 Å². The number of rotatable bonds is 3. The second-order valence-electron chi connectivity index (χ2n) is 5.65. The van der Waals surface area contributed by atoms with Crippen LogP contribution in [0.25, 0.3) is 22.0 Å². The molecule has 0 amide bonds. The summed E-state index contributed by atoms with van der Waals surface area (Å²) in [7, 11) is 1.70. The number of carbonyl (C=O) groups is 1. The van der Waals surface area contributed by atoms with Crippen LogP contribution in [0, 0.1) is 6.92 Å². The van der Waals surface area contributed by atoms with E-state index in [9.17, 15) is 9.59 Å². The number of ketones is 1. The minimum atomic E-state index is -0.149. The summed E-state index contributed by atoms with van der Waals surface area (Å²) in [6.45, 7) is 3.66. The predicted molar refractivity (Wildman–Crippen MR) is 94.6 cm³/mol. The number of pyridine rings is 3. The van der Waals surface area contributed by atoms with E-state index in [2.05, 4.69) is 9.97 Å². The molecule has 0 saturated carbocycles. The van der Waals surface area contributed by atoms with Crippen molar-refractivity contribution in [2.45, 2.75) is 20.3 Å². The number of hydrogen-bond donors (Lipinski definition) is 0. The van der Waals surface area contributed by atoms with Crippen molar-refractivity contribution in [3.8, 4) is 11.1 Å². The number of fused-ring (bicyclic) bond motifs is 1. The first-order valence-corrected chi connectivity index (χ1v) is 7.95. The van der Waals surface area contributed by atoms with Gasteiger partial charge in [0.2, 0.25) is 0 Å². The lowest BCUT2D eigenvalue weighted by Gasteiger charge is -2.11. The molecule has 3 heterocycles. The molecule has 3 aromatic heterocycles. The molecule has 3 aromatic rings. The zero-order valence-corrected chi connectivity index (χ0v) is 14.4. The number of halogens is 1. The van der Waals surface area contributed by atoms with E-state index >= 15 is 0 Å². The van der Waals surface area contributed by atoms with Gasteiger partial charge in [0.25, 0.3) is 5.56 Å². The fraction of sp³-hybridized carbons (Fsp3) is 0.222. The first kappa shape index (κ1) is 16.3. The van der Waals surface area contributed by atoms with Gasteiger partial charge >= 0.3 is 0 Å². The topological polar surface area (TPSA) is 64.8 Å². The average molecular weight is 342 g/mol. The first-order chi connectivity index (χ1) is 11.4. The lowest BCUT2D eigenvalue weighted by molar-refractivity contribution is 0.0983. The van der Waals surface area contributed by atoms with Crippen LogP contribution < -0.4 is 5.56 Å². The third kappa shape index (κ3) is 2.71. The van der Waals surface area contributed by atoms with Crippen LogP contribution in [0.5, 0.6) is 0 Å². The zero-order chi connectivity index (χ0) is 17.4. The molecule has 5 nitrogen and oxygen atoms in total. The Balaban J connectivity index is 2.23. The fourth-order valence-electron chi connectivity index (χ4n) is 2.70. The van der Waals surface area contributed by atoms with Gasteiger partial charge in [0.15, 0.2) is 5.78 Å². The van der Waals surface area contributed by atoms with Crippen LogP contribution >= 0.6 is 11.6 Å². The van der Waals surface area contributed by atoms with Crippen molar-refractivity contribution in [3.63, 3.8) is 0 Å². The minimum absolute atomic E-state index is 0.0186. The van der Waals surface area contributed by atoms with Crippen LogP contribution in [0.2, 0.25) is 5.15 Å². The Morgan fingerprint density at radius 2 is 1.92 bits per heavy atom. The van der Waals surface area contributed by atoms with E-state index in [4.69, 9.17) is 11.6 Å². The highest BCUT2D eigenvalue weighted by atomic mass is 35.5. The molecule has 0 aliphatic carbocycles. The number of aryl methyl sites for hydroxylation is 2. The van der Waals surface area contributed by atoms with Crippen molar-refractivity contribution < 1.29 is 4.79 Å². The van der Waals surface area contributed by atoms with Gasteiger partial charge in [-0.3, -0.25) is 14.6 Å². The molecular weight excluding hydrogens is 326 g/mol. The highest BCUT2D eigenvalue weighted by molar-refractivity contribution is 6.30. The molecule has 24 heavy (non-hydrogen) atoms. The third-order valence-electron chi connectivity index (χ3n) is 4.08. The summed E-state index contributed by atoms with van der Waals surface area (Å²) >= 11 is 5.92. The van der Waals surface area contributed by atoms with Crippen molar-refractivity contribution >= 4 is 28.3 Å². The van der Waals surface area contributed by atoms with Crippen molar-refractivity contribution in [3.05, 3.63) is 57.4 Å². The van der Waals surface area contributed by atoms with E-state index in [1.54, 1.807) is 49.1 Å².